The van der Waals surface area contributed by atoms with Gasteiger partial charge in [-0.05, 0) is 6.07 Å². The number of carbonyl (C=O) groups excluding carboxylic acids is 1. The number of nitrogens with one attached hydrogen (secondary N) is 3. The molecule has 10 heteroatoms. The summed E-state index contributed by atoms with van der Waals surface area (Å²) in [6.45, 7) is 0.755. The van der Waals surface area contributed by atoms with Crippen molar-refractivity contribution in [1.29, 1.82) is 0 Å². The van der Waals surface area contributed by atoms with Gasteiger partial charge in [0.25, 0.3) is 0 Å². The minimum atomic E-state index is -3.78. The molecule has 21 heavy (non-hydrogen) atoms. The zero-order valence-electron chi connectivity index (χ0n) is 11.6. The molecule has 0 radical (unpaired) electrons. The number of hydrogen-bond acceptors (Lipinski definition) is 7. The van der Waals surface area contributed by atoms with Gasteiger partial charge in [0, 0.05) is 39.0 Å². The number of carbonyl (C=O) groups is 1. The number of anilines is 1. The maximum absolute atomic E-state index is 12.1. The number of nitrogens with zero attached hydrogens (tertiary/aromatic N) is 1. The quantitative estimate of drug-likeness (QED) is 0.255. The summed E-state index contributed by atoms with van der Waals surface area (Å²) < 4.78 is 31.2. The third-order valence-corrected chi connectivity index (χ3v) is 3.99. The molecule has 1 heterocycles. The average Bonchev–Trinajstić information content (AvgIpc) is 2.47. The summed E-state index contributed by atoms with van der Waals surface area (Å²) in [5.74, 6) is 4.98. The van der Waals surface area contributed by atoms with Crippen molar-refractivity contribution in [3.05, 3.63) is 18.5 Å². The lowest BCUT2D eigenvalue weighted by Crippen LogP contribution is -2.32. The Morgan fingerprint density at radius 1 is 1.43 bits per heavy atom. The van der Waals surface area contributed by atoms with E-state index in [9.17, 15) is 13.2 Å². The molecule has 0 saturated heterocycles. The number of methoxy groups -OCH3 is 1. The van der Waals surface area contributed by atoms with Gasteiger partial charge >= 0.3 is 0 Å². The Labute approximate surface area is 123 Å². The minimum Gasteiger partial charge on any atom is -0.383 e. The van der Waals surface area contributed by atoms with Crippen molar-refractivity contribution in [3.8, 4) is 0 Å². The van der Waals surface area contributed by atoms with Crippen LogP contribution < -0.4 is 21.3 Å². The molecule has 1 amide bonds. The van der Waals surface area contributed by atoms with Gasteiger partial charge in [-0.2, -0.15) is 0 Å². The van der Waals surface area contributed by atoms with Crippen LogP contribution in [0.2, 0.25) is 0 Å². The molecule has 0 unspecified atom stereocenters. The van der Waals surface area contributed by atoms with Crippen LogP contribution in [0, 0.1) is 0 Å². The Morgan fingerprint density at radius 2 is 2.19 bits per heavy atom. The number of nitrogens with two attached hydrogens (primary N) is 1. The highest BCUT2D eigenvalue weighted by Crippen LogP contribution is 2.17. The van der Waals surface area contributed by atoms with Gasteiger partial charge in [-0.3, -0.25) is 15.6 Å². The lowest BCUT2D eigenvalue weighted by Gasteiger charge is -2.10. The van der Waals surface area contributed by atoms with Crippen LogP contribution in [0.3, 0.4) is 0 Å². The van der Waals surface area contributed by atoms with Crippen molar-refractivity contribution in [3.63, 3.8) is 0 Å². The lowest BCUT2D eigenvalue weighted by molar-refractivity contribution is -0.121. The smallest absolute Gasteiger partial charge is 0.244 e. The third-order valence-electron chi connectivity index (χ3n) is 2.50. The molecule has 9 nitrogen and oxygen atoms in total. The van der Waals surface area contributed by atoms with Crippen molar-refractivity contribution in [2.24, 2.45) is 5.84 Å². The first-order valence-electron chi connectivity index (χ1n) is 6.17. The Balaban J connectivity index is 2.52. The zero-order chi connectivity index (χ0) is 15.7. The number of hydrazine groups is 1. The summed E-state index contributed by atoms with van der Waals surface area (Å²) >= 11 is 0. The summed E-state index contributed by atoms with van der Waals surface area (Å²) in [4.78, 5) is 15.1. The van der Waals surface area contributed by atoms with E-state index in [1.54, 1.807) is 0 Å². The lowest BCUT2D eigenvalue weighted by atomic mass is 10.4. The van der Waals surface area contributed by atoms with Gasteiger partial charge in [-0.1, -0.05) is 0 Å². The van der Waals surface area contributed by atoms with Gasteiger partial charge in [-0.15, -0.1) is 0 Å². The van der Waals surface area contributed by atoms with E-state index < -0.39 is 10.0 Å². The molecule has 1 rings (SSSR count). The largest absolute Gasteiger partial charge is 0.383 e. The highest BCUT2D eigenvalue weighted by atomic mass is 32.2. The van der Waals surface area contributed by atoms with E-state index in [1.807, 2.05) is 0 Å². The number of amides is 1. The van der Waals surface area contributed by atoms with E-state index >= 15 is 0 Å². The zero-order valence-corrected chi connectivity index (χ0v) is 12.4. The molecule has 0 spiro atoms. The van der Waals surface area contributed by atoms with Crippen LogP contribution in [-0.2, 0) is 19.6 Å². The Kier molecular flexibility index (Phi) is 7.02. The summed E-state index contributed by atoms with van der Waals surface area (Å²) in [6, 6.07) is 1.44. The number of rotatable bonds is 9. The van der Waals surface area contributed by atoms with Crippen LogP contribution in [0.15, 0.2) is 23.4 Å². The summed E-state index contributed by atoms with van der Waals surface area (Å²) in [6.07, 6.45) is 2.61. The summed E-state index contributed by atoms with van der Waals surface area (Å²) in [7, 11) is -2.26. The fourth-order valence-electron chi connectivity index (χ4n) is 1.47. The number of hydrogen-bond donors (Lipinski definition) is 4. The first-order chi connectivity index (χ1) is 10.0. The second-order valence-electron chi connectivity index (χ2n) is 4.01. The SMILES string of the molecule is COCCNC(=O)CCNS(=O)(=O)c1cnccc1NN. The van der Waals surface area contributed by atoms with E-state index in [-0.39, 0.29) is 29.5 Å². The van der Waals surface area contributed by atoms with Gasteiger partial charge in [0.1, 0.15) is 4.90 Å². The molecule has 1 aromatic heterocycles. The molecule has 0 saturated carbocycles. The van der Waals surface area contributed by atoms with Crippen molar-refractivity contribution >= 4 is 21.6 Å². The van der Waals surface area contributed by atoms with Gasteiger partial charge in [0.2, 0.25) is 15.9 Å². The number of aromatic nitrogens is 1. The van der Waals surface area contributed by atoms with Gasteiger partial charge < -0.3 is 15.5 Å². The van der Waals surface area contributed by atoms with Crippen LogP contribution in [0.5, 0.6) is 0 Å². The number of pyridine rings is 1. The highest BCUT2D eigenvalue weighted by molar-refractivity contribution is 7.89. The normalized spacial score (nSPS) is 11.1. The fraction of sp³-hybridized carbons (Fsp3) is 0.455. The third kappa shape index (κ3) is 5.63. The van der Waals surface area contributed by atoms with Crippen molar-refractivity contribution < 1.29 is 17.9 Å². The molecule has 0 fully saturated rings. The second-order valence-corrected chi connectivity index (χ2v) is 5.74. The highest BCUT2D eigenvalue weighted by Gasteiger charge is 2.18. The summed E-state index contributed by atoms with van der Waals surface area (Å²) in [5, 5.41) is 2.59. The molecule has 5 N–H and O–H groups in total. The second kappa shape index (κ2) is 8.52. The molecule has 0 aromatic carbocycles. The van der Waals surface area contributed by atoms with Gasteiger partial charge in [0.15, 0.2) is 0 Å². The number of nitrogen functional groups attached to an aromatic ring is 1. The molecule has 0 bridgehead atoms. The first-order valence-corrected chi connectivity index (χ1v) is 7.65. The monoisotopic (exact) mass is 317 g/mol. The standard InChI is InChI=1S/C11H19N5O4S/c1-20-7-6-14-11(17)3-5-15-21(18,19)10-8-13-4-2-9(10)16-12/h2,4,8,15H,3,5-7,12H2,1H3,(H,13,16)(H,14,17). The van der Waals surface area contributed by atoms with E-state index in [4.69, 9.17) is 10.6 Å². The number of sulfonamides is 1. The average molecular weight is 317 g/mol. The summed E-state index contributed by atoms with van der Waals surface area (Å²) in [5.41, 5.74) is 2.51. The van der Waals surface area contributed by atoms with E-state index in [1.165, 1.54) is 25.6 Å². The molecular weight excluding hydrogens is 298 g/mol. The minimum absolute atomic E-state index is 0.0224. The maximum Gasteiger partial charge on any atom is 0.244 e. The predicted octanol–water partition coefficient (Wildman–Crippen LogP) is -1.20. The van der Waals surface area contributed by atoms with E-state index in [0.29, 0.717) is 13.2 Å². The Morgan fingerprint density at radius 3 is 2.86 bits per heavy atom. The molecule has 0 atom stereocenters. The predicted molar refractivity (Wildman–Crippen MR) is 76.7 cm³/mol. The fourth-order valence-corrected chi connectivity index (χ4v) is 2.61. The van der Waals surface area contributed by atoms with Crippen molar-refractivity contribution in [2.75, 3.05) is 32.2 Å². The van der Waals surface area contributed by atoms with Crippen LogP contribution >= 0.6 is 0 Å². The Bertz CT molecular complexity index is 563. The molecule has 1 aromatic rings. The molecule has 0 aliphatic rings. The number of ether oxygens (including phenoxy) is 1. The van der Waals surface area contributed by atoms with Crippen LogP contribution in [-0.4, -0.2) is 46.1 Å². The van der Waals surface area contributed by atoms with Crippen LogP contribution in [0.1, 0.15) is 6.42 Å². The van der Waals surface area contributed by atoms with Crippen molar-refractivity contribution in [2.45, 2.75) is 11.3 Å². The van der Waals surface area contributed by atoms with Crippen LogP contribution in [0.4, 0.5) is 5.69 Å². The Hall–Kier alpha value is -1.75. The topological polar surface area (TPSA) is 135 Å². The van der Waals surface area contributed by atoms with Crippen LogP contribution in [0.25, 0.3) is 0 Å². The van der Waals surface area contributed by atoms with Gasteiger partial charge in [-0.25, -0.2) is 13.1 Å². The molecule has 118 valence electrons. The molecular formula is C11H19N5O4S. The van der Waals surface area contributed by atoms with E-state index in [2.05, 4.69) is 20.4 Å². The first kappa shape index (κ1) is 17.3. The molecule has 0 aliphatic carbocycles. The molecule has 0 aliphatic heterocycles. The van der Waals surface area contributed by atoms with E-state index in [0.717, 1.165) is 0 Å². The maximum atomic E-state index is 12.1. The van der Waals surface area contributed by atoms with Crippen molar-refractivity contribution in [1.82, 2.24) is 15.0 Å². The van der Waals surface area contributed by atoms with Gasteiger partial charge in [0.05, 0.1) is 12.3 Å².